The highest BCUT2D eigenvalue weighted by Gasteiger charge is 2.23. The second-order valence-corrected chi connectivity index (χ2v) is 9.04. The summed E-state index contributed by atoms with van der Waals surface area (Å²) in [6.07, 6.45) is 0. The van der Waals surface area contributed by atoms with E-state index in [1.54, 1.807) is 23.9 Å². The molecule has 1 aromatic rings. The van der Waals surface area contributed by atoms with Crippen molar-refractivity contribution in [2.45, 2.75) is 16.7 Å². The third-order valence-corrected chi connectivity index (χ3v) is 7.07. The van der Waals surface area contributed by atoms with Gasteiger partial charge in [-0.05, 0) is 18.2 Å². The molecule has 2 heterocycles. The Balaban J connectivity index is 1.66. The second kappa shape index (κ2) is 8.05. The minimum Gasteiger partial charge on any atom is -0.379 e. The predicted octanol–water partition coefficient (Wildman–Crippen LogP) is 0.977. The number of rotatable bonds is 5. The van der Waals surface area contributed by atoms with E-state index in [1.165, 1.54) is 6.07 Å². The van der Waals surface area contributed by atoms with Crippen LogP contribution in [0.4, 0.5) is 5.69 Å². The number of nitrogens with one attached hydrogen (secondary N) is 2. The van der Waals surface area contributed by atoms with Crippen molar-refractivity contribution >= 4 is 33.4 Å². The zero-order valence-electron chi connectivity index (χ0n) is 14.2. The van der Waals surface area contributed by atoms with Gasteiger partial charge in [-0.25, -0.2) is 13.1 Å². The number of ether oxygens (including phenoxy) is 1. The Morgan fingerprint density at radius 1 is 1.36 bits per heavy atom. The van der Waals surface area contributed by atoms with Gasteiger partial charge in [0, 0.05) is 42.7 Å². The average molecular weight is 386 g/mol. The summed E-state index contributed by atoms with van der Waals surface area (Å²) in [6, 6.07) is 4.88. The summed E-state index contributed by atoms with van der Waals surface area (Å²) in [7, 11) is -3.61. The highest BCUT2D eigenvalue weighted by atomic mass is 32.2. The molecule has 0 aromatic heterocycles. The van der Waals surface area contributed by atoms with Gasteiger partial charge in [0.25, 0.3) is 0 Å². The minimum absolute atomic E-state index is 0.0823. The van der Waals surface area contributed by atoms with Crippen molar-refractivity contribution in [1.29, 1.82) is 0 Å². The Morgan fingerprint density at radius 3 is 2.88 bits per heavy atom. The van der Waals surface area contributed by atoms with E-state index in [0.717, 1.165) is 18.0 Å². The van der Waals surface area contributed by atoms with Gasteiger partial charge in [0.05, 0.1) is 23.8 Å². The first-order chi connectivity index (χ1) is 12.0. The topological polar surface area (TPSA) is 87.7 Å². The van der Waals surface area contributed by atoms with Crippen LogP contribution >= 0.6 is 11.8 Å². The van der Waals surface area contributed by atoms with E-state index >= 15 is 0 Å². The number of benzene rings is 1. The lowest BCUT2D eigenvalue weighted by Crippen LogP contribution is -2.41. The SMILES string of the molecule is C[C@@H]1CSc2ccc(S(=O)(=O)NCCN3CCOCC3)cc2NC1=O. The van der Waals surface area contributed by atoms with Gasteiger partial charge in [-0.15, -0.1) is 11.8 Å². The number of anilines is 1. The maximum absolute atomic E-state index is 12.5. The van der Waals surface area contributed by atoms with Crippen LogP contribution in [-0.4, -0.2) is 64.4 Å². The highest BCUT2D eigenvalue weighted by Crippen LogP contribution is 2.34. The Bertz CT molecular complexity index is 733. The third-order valence-electron chi connectivity index (χ3n) is 4.28. The first kappa shape index (κ1) is 18.7. The standard InChI is InChI=1S/C16H23N3O4S2/c1-12-11-24-15-3-2-13(10-14(15)18-16(12)20)25(21,22)17-4-5-19-6-8-23-9-7-19/h2-3,10,12,17H,4-9,11H2,1H3,(H,18,20)/t12-/m1/s1. The molecular formula is C16H23N3O4S2. The maximum Gasteiger partial charge on any atom is 0.240 e. The van der Waals surface area contributed by atoms with E-state index in [-0.39, 0.29) is 16.7 Å². The van der Waals surface area contributed by atoms with E-state index in [2.05, 4.69) is 14.9 Å². The van der Waals surface area contributed by atoms with Gasteiger partial charge in [-0.2, -0.15) is 0 Å². The van der Waals surface area contributed by atoms with Crippen LogP contribution in [0.1, 0.15) is 6.92 Å². The summed E-state index contributed by atoms with van der Waals surface area (Å²) < 4.78 is 32.9. The quantitative estimate of drug-likeness (QED) is 0.786. The van der Waals surface area contributed by atoms with E-state index < -0.39 is 10.0 Å². The summed E-state index contributed by atoms with van der Waals surface area (Å²) in [5.41, 5.74) is 0.565. The molecule has 2 aliphatic heterocycles. The summed E-state index contributed by atoms with van der Waals surface area (Å²) >= 11 is 1.56. The molecule has 2 aliphatic rings. The highest BCUT2D eigenvalue weighted by molar-refractivity contribution is 7.99. The normalized spacial score (nSPS) is 22.1. The molecule has 0 bridgehead atoms. The Morgan fingerprint density at radius 2 is 2.12 bits per heavy atom. The number of carbonyl (C=O) groups is 1. The largest absolute Gasteiger partial charge is 0.379 e. The predicted molar refractivity (Wildman–Crippen MR) is 97.4 cm³/mol. The molecule has 0 radical (unpaired) electrons. The number of carbonyl (C=O) groups excluding carboxylic acids is 1. The van der Waals surface area contributed by atoms with E-state index in [9.17, 15) is 13.2 Å². The Kier molecular flexibility index (Phi) is 6.00. The van der Waals surface area contributed by atoms with E-state index in [1.807, 2.05) is 6.92 Å². The number of sulfonamides is 1. The van der Waals surface area contributed by atoms with Gasteiger partial charge >= 0.3 is 0 Å². The van der Waals surface area contributed by atoms with Crippen molar-refractivity contribution in [2.75, 3.05) is 50.5 Å². The molecule has 1 amide bonds. The molecular weight excluding hydrogens is 362 g/mol. The number of fused-ring (bicyclic) bond motifs is 1. The van der Waals surface area contributed by atoms with Crippen LogP contribution in [0.5, 0.6) is 0 Å². The lowest BCUT2D eigenvalue weighted by molar-refractivity contribution is -0.118. The lowest BCUT2D eigenvalue weighted by Gasteiger charge is -2.26. The molecule has 0 unspecified atom stereocenters. The summed E-state index contributed by atoms with van der Waals surface area (Å²) in [4.78, 5) is 15.2. The van der Waals surface area contributed by atoms with Crippen molar-refractivity contribution in [3.05, 3.63) is 18.2 Å². The van der Waals surface area contributed by atoms with Crippen LogP contribution in [0.15, 0.2) is 28.0 Å². The molecule has 0 aliphatic carbocycles. The van der Waals surface area contributed by atoms with E-state index in [4.69, 9.17) is 4.74 Å². The van der Waals surface area contributed by atoms with Crippen molar-refractivity contribution in [3.8, 4) is 0 Å². The summed E-state index contributed by atoms with van der Waals surface area (Å²) in [5, 5.41) is 2.82. The van der Waals surface area contributed by atoms with E-state index in [0.29, 0.717) is 37.7 Å². The summed E-state index contributed by atoms with van der Waals surface area (Å²) in [5.74, 6) is 0.494. The fourth-order valence-electron chi connectivity index (χ4n) is 2.69. The molecule has 0 saturated carbocycles. The zero-order chi connectivity index (χ0) is 17.9. The molecule has 1 atom stereocenters. The zero-order valence-corrected chi connectivity index (χ0v) is 15.8. The van der Waals surface area contributed by atoms with Crippen molar-refractivity contribution in [1.82, 2.24) is 9.62 Å². The minimum atomic E-state index is -3.61. The number of hydrogen-bond acceptors (Lipinski definition) is 6. The van der Waals surface area contributed by atoms with Crippen LogP contribution in [-0.2, 0) is 19.6 Å². The summed E-state index contributed by atoms with van der Waals surface area (Å²) in [6.45, 7) is 5.87. The average Bonchev–Trinajstić information content (AvgIpc) is 2.74. The van der Waals surface area contributed by atoms with Gasteiger partial charge in [0.2, 0.25) is 15.9 Å². The van der Waals surface area contributed by atoms with Crippen LogP contribution < -0.4 is 10.0 Å². The second-order valence-electron chi connectivity index (χ2n) is 6.21. The number of amides is 1. The molecule has 1 aromatic carbocycles. The smallest absolute Gasteiger partial charge is 0.240 e. The fourth-order valence-corrected chi connectivity index (χ4v) is 4.75. The number of thioether (sulfide) groups is 1. The molecule has 2 N–H and O–H groups in total. The number of morpholine rings is 1. The van der Waals surface area contributed by atoms with Crippen molar-refractivity contribution in [3.63, 3.8) is 0 Å². The van der Waals surface area contributed by atoms with Gasteiger partial charge in [0.15, 0.2) is 0 Å². The van der Waals surface area contributed by atoms with Gasteiger partial charge in [0.1, 0.15) is 0 Å². The van der Waals surface area contributed by atoms with Crippen molar-refractivity contribution in [2.24, 2.45) is 5.92 Å². The molecule has 25 heavy (non-hydrogen) atoms. The van der Waals surface area contributed by atoms with Crippen LogP contribution in [0.3, 0.4) is 0 Å². The van der Waals surface area contributed by atoms with Crippen LogP contribution in [0, 0.1) is 5.92 Å². The Hall–Kier alpha value is -1.13. The number of hydrogen-bond donors (Lipinski definition) is 2. The molecule has 0 spiro atoms. The molecule has 9 heteroatoms. The fraction of sp³-hybridized carbons (Fsp3) is 0.562. The Labute approximate surface area is 152 Å². The van der Waals surface area contributed by atoms with Gasteiger partial charge in [-0.1, -0.05) is 6.92 Å². The number of nitrogens with zero attached hydrogens (tertiary/aromatic N) is 1. The third kappa shape index (κ3) is 4.73. The lowest BCUT2D eigenvalue weighted by atomic mass is 10.2. The first-order valence-corrected chi connectivity index (χ1v) is 10.8. The molecule has 7 nitrogen and oxygen atoms in total. The van der Waals surface area contributed by atoms with Crippen LogP contribution in [0.2, 0.25) is 0 Å². The van der Waals surface area contributed by atoms with Crippen molar-refractivity contribution < 1.29 is 17.9 Å². The van der Waals surface area contributed by atoms with Gasteiger partial charge in [-0.3, -0.25) is 9.69 Å². The first-order valence-electron chi connectivity index (χ1n) is 8.33. The molecule has 3 rings (SSSR count). The molecule has 138 valence electrons. The monoisotopic (exact) mass is 385 g/mol. The van der Waals surface area contributed by atoms with Gasteiger partial charge < -0.3 is 10.1 Å². The van der Waals surface area contributed by atoms with Crippen LogP contribution in [0.25, 0.3) is 0 Å². The molecule has 1 saturated heterocycles. The maximum atomic E-state index is 12.5. The molecule has 1 fully saturated rings.